The van der Waals surface area contributed by atoms with E-state index in [1.165, 1.54) is 16.7 Å². The SMILES string of the molecule is CCOc1cccc2c1[C@H](c1ccccc1)CN(C)C2. The summed E-state index contributed by atoms with van der Waals surface area (Å²) < 4.78 is 5.87. The zero-order chi connectivity index (χ0) is 13.9. The standard InChI is InChI=1S/C18H21NO/c1-3-20-17-11-7-10-15-12-19(2)13-16(18(15)17)14-8-5-4-6-9-14/h4-11,16H,3,12-13H2,1-2H3/t16-/m0/s1. The van der Waals surface area contributed by atoms with E-state index in [1.807, 2.05) is 6.92 Å². The third kappa shape index (κ3) is 2.44. The highest BCUT2D eigenvalue weighted by Gasteiger charge is 2.27. The number of fused-ring (bicyclic) bond motifs is 1. The van der Waals surface area contributed by atoms with Crippen molar-refractivity contribution in [3.63, 3.8) is 0 Å². The van der Waals surface area contributed by atoms with Gasteiger partial charge < -0.3 is 9.64 Å². The molecule has 20 heavy (non-hydrogen) atoms. The van der Waals surface area contributed by atoms with Crippen LogP contribution in [0.1, 0.15) is 29.5 Å². The summed E-state index contributed by atoms with van der Waals surface area (Å²) in [5.74, 6) is 1.44. The van der Waals surface area contributed by atoms with Crippen molar-refractivity contribution in [2.45, 2.75) is 19.4 Å². The summed E-state index contributed by atoms with van der Waals surface area (Å²) in [4.78, 5) is 2.38. The molecule has 1 heterocycles. The lowest BCUT2D eigenvalue weighted by Gasteiger charge is -2.33. The molecule has 2 aromatic carbocycles. The predicted molar refractivity (Wildman–Crippen MR) is 82.2 cm³/mol. The van der Waals surface area contributed by atoms with Gasteiger partial charge in [-0.25, -0.2) is 0 Å². The number of benzene rings is 2. The van der Waals surface area contributed by atoms with Crippen LogP contribution in [-0.2, 0) is 6.54 Å². The summed E-state index contributed by atoms with van der Waals surface area (Å²) in [6, 6.07) is 17.2. The quantitative estimate of drug-likeness (QED) is 0.841. The molecule has 2 heteroatoms. The molecule has 1 aliphatic heterocycles. The fourth-order valence-electron chi connectivity index (χ4n) is 3.12. The van der Waals surface area contributed by atoms with Gasteiger partial charge in [0, 0.05) is 24.6 Å². The van der Waals surface area contributed by atoms with Crippen LogP contribution in [0.4, 0.5) is 0 Å². The van der Waals surface area contributed by atoms with Crippen LogP contribution in [0.25, 0.3) is 0 Å². The van der Waals surface area contributed by atoms with E-state index in [0.717, 1.165) is 18.8 Å². The van der Waals surface area contributed by atoms with Gasteiger partial charge in [0.05, 0.1) is 6.61 Å². The van der Waals surface area contributed by atoms with E-state index >= 15 is 0 Å². The fraction of sp³-hybridized carbons (Fsp3) is 0.333. The van der Waals surface area contributed by atoms with Crippen molar-refractivity contribution in [2.75, 3.05) is 20.2 Å². The topological polar surface area (TPSA) is 12.5 Å². The van der Waals surface area contributed by atoms with Gasteiger partial charge in [0.1, 0.15) is 5.75 Å². The highest BCUT2D eigenvalue weighted by Crippen LogP contribution is 2.38. The second-order valence-electron chi connectivity index (χ2n) is 5.42. The number of nitrogens with zero attached hydrogens (tertiary/aromatic N) is 1. The molecule has 0 spiro atoms. The van der Waals surface area contributed by atoms with Crippen molar-refractivity contribution in [1.29, 1.82) is 0 Å². The molecule has 0 aromatic heterocycles. The average molecular weight is 267 g/mol. The molecule has 0 bridgehead atoms. The zero-order valence-electron chi connectivity index (χ0n) is 12.2. The Balaban J connectivity index is 2.10. The molecule has 0 amide bonds. The first-order chi connectivity index (χ1) is 9.79. The lowest BCUT2D eigenvalue weighted by atomic mass is 9.84. The molecule has 0 radical (unpaired) electrons. The molecule has 2 nitrogen and oxygen atoms in total. The Morgan fingerprint density at radius 2 is 1.90 bits per heavy atom. The maximum atomic E-state index is 5.87. The molecule has 0 saturated heterocycles. The normalized spacial score (nSPS) is 18.6. The Labute approximate surface area is 121 Å². The summed E-state index contributed by atoms with van der Waals surface area (Å²) in [6.45, 7) is 4.81. The van der Waals surface area contributed by atoms with Crippen LogP contribution in [0.5, 0.6) is 5.75 Å². The summed E-state index contributed by atoms with van der Waals surface area (Å²) >= 11 is 0. The van der Waals surface area contributed by atoms with Gasteiger partial charge in [-0.15, -0.1) is 0 Å². The lowest BCUT2D eigenvalue weighted by molar-refractivity contribution is 0.281. The first-order valence-electron chi connectivity index (χ1n) is 7.27. The van der Waals surface area contributed by atoms with Gasteiger partial charge in [-0.05, 0) is 31.2 Å². The van der Waals surface area contributed by atoms with E-state index in [4.69, 9.17) is 4.74 Å². The van der Waals surface area contributed by atoms with E-state index < -0.39 is 0 Å². The van der Waals surface area contributed by atoms with Crippen molar-refractivity contribution in [3.8, 4) is 5.75 Å². The largest absolute Gasteiger partial charge is 0.494 e. The second kappa shape index (κ2) is 5.68. The van der Waals surface area contributed by atoms with Crippen LogP contribution in [0.2, 0.25) is 0 Å². The third-order valence-electron chi connectivity index (χ3n) is 3.94. The molecule has 104 valence electrons. The predicted octanol–water partition coefficient (Wildman–Crippen LogP) is 3.66. The molecule has 2 aromatic rings. The minimum absolute atomic E-state index is 0.396. The van der Waals surface area contributed by atoms with Crippen LogP contribution in [0.3, 0.4) is 0 Å². The van der Waals surface area contributed by atoms with E-state index in [1.54, 1.807) is 0 Å². The Morgan fingerprint density at radius 1 is 1.10 bits per heavy atom. The summed E-state index contributed by atoms with van der Waals surface area (Å²) in [5, 5.41) is 0. The van der Waals surface area contributed by atoms with Crippen LogP contribution in [0.15, 0.2) is 48.5 Å². The van der Waals surface area contributed by atoms with Crippen LogP contribution in [0, 0.1) is 0 Å². The maximum absolute atomic E-state index is 5.87. The van der Waals surface area contributed by atoms with Gasteiger partial charge in [-0.1, -0.05) is 42.5 Å². The minimum atomic E-state index is 0.396. The van der Waals surface area contributed by atoms with E-state index in [2.05, 4.69) is 60.5 Å². The second-order valence-corrected chi connectivity index (χ2v) is 5.42. The van der Waals surface area contributed by atoms with Gasteiger partial charge in [0.15, 0.2) is 0 Å². The molecule has 0 fully saturated rings. The van der Waals surface area contributed by atoms with Crippen molar-refractivity contribution >= 4 is 0 Å². The Hall–Kier alpha value is -1.80. The summed E-state index contributed by atoms with van der Waals surface area (Å²) in [5.41, 5.74) is 4.13. The lowest BCUT2D eigenvalue weighted by Crippen LogP contribution is -2.31. The molecule has 0 N–H and O–H groups in total. The molecular weight excluding hydrogens is 246 g/mol. The van der Waals surface area contributed by atoms with E-state index in [9.17, 15) is 0 Å². The summed E-state index contributed by atoms with van der Waals surface area (Å²) in [6.07, 6.45) is 0. The van der Waals surface area contributed by atoms with Gasteiger partial charge in [-0.3, -0.25) is 0 Å². The Bertz CT molecular complexity index is 565. The average Bonchev–Trinajstić information content (AvgIpc) is 2.47. The highest BCUT2D eigenvalue weighted by atomic mass is 16.5. The summed E-state index contributed by atoms with van der Waals surface area (Å²) in [7, 11) is 2.19. The van der Waals surface area contributed by atoms with Gasteiger partial charge >= 0.3 is 0 Å². The highest BCUT2D eigenvalue weighted by molar-refractivity contribution is 5.49. The molecule has 0 unspecified atom stereocenters. The first-order valence-corrected chi connectivity index (χ1v) is 7.27. The fourth-order valence-corrected chi connectivity index (χ4v) is 3.12. The van der Waals surface area contributed by atoms with Crippen molar-refractivity contribution in [3.05, 3.63) is 65.2 Å². The number of ether oxygens (including phenoxy) is 1. The van der Waals surface area contributed by atoms with Crippen molar-refractivity contribution in [1.82, 2.24) is 4.90 Å². The maximum Gasteiger partial charge on any atom is 0.123 e. The Kier molecular flexibility index (Phi) is 3.75. The molecule has 0 saturated carbocycles. The number of hydrogen-bond donors (Lipinski definition) is 0. The molecule has 1 aliphatic rings. The van der Waals surface area contributed by atoms with Gasteiger partial charge in [-0.2, -0.15) is 0 Å². The Morgan fingerprint density at radius 3 is 2.65 bits per heavy atom. The van der Waals surface area contributed by atoms with Crippen LogP contribution in [-0.4, -0.2) is 25.1 Å². The smallest absolute Gasteiger partial charge is 0.123 e. The number of likely N-dealkylation sites (N-methyl/N-ethyl adjacent to an activating group) is 1. The number of rotatable bonds is 3. The van der Waals surface area contributed by atoms with Crippen molar-refractivity contribution < 1.29 is 4.74 Å². The van der Waals surface area contributed by atoms with Crippen LogP contribution < -0.4 is 4.74 Å². The molecular formula is C18H21NO. The monoisotopic (exact) mass is 267 g/mol. The minimum Gasteiger partial charge on any atom is -0.494 e. The molecule has 1 atom stereocenters. The first kappa shape index (κ1) is 13.2. The third-order valence-corrected chi connectivity index (χ3v) is 3.94. The van der Waals surface area contributed by atoms with Crippen LogP contribution >= 0.6 is 0 Å². The van der Waals surface area contributed by atoms with E-state index in [-0.39, 0.29) is 0 Å². The van der Waals surface area contributed by atoms with E-state index in [0.29, 0.717) is 12.5 Å². The van der Waals surface area contributed by atoms with Gasteiger partial charge in [0.25, 0.3) is 0 Å². The molecule has 0 aliphatic carbocycles. The van der Waals surface area contributed by atoms with Crippen molar-refractivity contribution in [2.24, 2.45) is 0 Å². The van der Waals surface area contributed by atoms with Gasteiger partial charge in [0.2, 0.25) is 0 Å². The zero-order valence-corrected chi connectivity index (χ0v) is 12.2. The molecule has 3 rings (SSSR count). The number of hydrogen-bond acceptors (Lipinski definition) is 2.